The lowest BCUT2D eigenvalue weighted by Crippen LogP contribution is -2.46. The van der Waals surface area contributed by atoms with Crippen LogP contribution in [0.15, 0.2) is 54.7 Å². The normalized spacial score (nSPS) is 14.4. The number of nitrogens with zero attached hydrogens (tertiary/aromatic N) is 5. The third-order valence-corrected chi connectivity index (χ3v) is 6.91. The van der Waals surface area contributed by atoms with Crippen LogP contribution in [0, 0.1) is 12.7 Å². The predicted molar refractivity (Wildman–Crippen MR) is 145 cm³/mol. The highest BCUT2D eigenvalue weighted by Gasteiger charge is 2.18. The Balaban J connectivity index is 1.31. The Morgan fingerprint density at radius 1 is 0.972 bits per heavy atom. The van der Waals surface area contributed by atoms with Crippen molar-refractivity contribution in [1.82, 2.24) is 19.9 Å². The predicted octanol–water partition coefficient (Wildman–Crippen LogP) is 5.80. The summed E-state index contributed by atoms with van der Waals surface area (Å²) in [7, 11) is 0. The van der Waals surface area contributed by atoms with Crippen molar-refractivity contribution in [3.8, 4) is 0 Å². The van der Waals surface area contributed by atoms with E-state index >= 15 is 0 Å². The highest BCUT2D eigenvalue weighted by Crippen LogP contribution is 2.28. The van der Waals surface area contributed by atoms with Gasteiger partial charge in [0.1, 0.15) is 5.82 Å². The van der Waals surface area contributed by atoms with Crippen molar-refractivity contribution in [2.45, 2.75) is 26.7 Å². The molecule has 0 atom stereocenters. The second-order valence-corrected chi connectivity index (χ2v) is 9.61. The molecule has 186 valence electrons. The van der Waals surface area contributed by atoms with Crippen LogP contribution in [0.1, 0.15) is 23.9 Å². The highest BCUT2D eigenvalue weighted by atomic mass is 35.5. The van der Waals surface area contributed by atoms with E-state index in [0.717, 1.165) is 72.3 Å². The molecule has 1 aliphatic rings. The molecule has 0 amide bonds. The smallest absolute Gasteiger partial charge is 0.225 e. The summed E-state index contributed by atoms with van der Waals surface area (Å²) in [5.41, 5.74) is 5.05. The van der Waals surface area contributed by atoms with E-state index in [1.54, 1.807) is 12.3 Å². The Kier molecular flexibility index (Phi) is 7.30. The quantitative estimate of drug-likeness (QED) is 0.343. The van der Waals surface area contributed by atoms with Gasteiger partial charge in [0.05, 0.1) is 5.52 Å². The van der Waals surface area contributed by atoms with Crippen LogP contribution in [-0.2, 0) is 12.8 Å². The average Bonchev–Trinajstić information content (AvgIpc) is 2.88. The number of hydrogen-bond donors (Lipinski definition) is 1. The number of likely N-dealkylation sites (N-methyl/N-ethyl adjacent to an activating group) is 1. The van der Waals surface area contributed by atoms with Crippen molar-refractivity contribution in [1.29, 1.82) is 0 Å². The molecule has 0 saturated carbocycles. The monoisotopic (exact) mass is 504 g/mol. The molecule has 2 aromatic heterocycles. The van der Waals surface area contributed by atoms with E-state index in [0.29, 0.717) is 23.4 Å². The van der Waals surface area contributed by atoms with Gasteiger partial charge in [0.2, 0.25) is 5.95 Å². The molecule has 1 fully saturated rings. The maximum atomic E-state index is 14.7. The number of anilines is 3. The Hall–Kier alpha value is -3.29. The SMILES string of the molecule is CCN1CCN(c2nc(C)cc(CCc3cc(Nc4ccnc5cc(Cl)ccc45)ccc3F)n2)CC1. The molecule has 36 heavy (non-hydrogen) atoms. The summed E-state index contributed by atoms with van der Waals surface area (Å²) in [5.74, 6) is 0.565. The van der Waals surface area contributed by atoms with Crippen molar-refractivity contribution in [2.24, 2.45) is 0 Å². The van der Waals surface area contributed by atoms with Gasteiger partial charge in [-0.1, -0.05) is 18.5 Å². The van der Waals surface area contributed by atoms with E-state index in [1.807, 2.05) is 43.3 Å². The van der Waals surface area contributed by atoms with E-state index in [1.165, 1.54) is 6.07 Å². The second-order valence-electron chi connectivity index (χ2n) is 9.17. The van der Waals surface area contributed by atoms with Gasteiger partial charge in [-0.05, 0) is 80.4 Å². The molecule has 5 rings (SSSR count). The van der Waals surface area contributed by atoms with E-state index in [-0.39, 0.29) is 5.82 Å². The number of halogens is 2. The summed E-state index contributed by atoms with van der Waals surface area (Å²) in [4.78, 5) is 18.6. The Morgan fingerprint density at radius 2 is 1.81 bits per heavy atom. The van der Waals surface area contributed by atoms with Crippen LogP contribution in [0.3, 0.4) is 0 Å². The maximum absolute atomic E-state index is 14.7. The van der Waals surface area contributed by atoms with Gasteiger partial charge in [-0.15, -0.1) is 0 Å². The zero-order valence-electron chi connectivity index (χ0n) is 20.6. The van der Waals surface area contributed by atoms with Gasteiger partial charge in [-0.25, -0.2) is 14.4 Å². The van der Waals surface area contributed by atoms with Crippen LogP contribution in [0.25, 0.3) is 10.9 Å². The molecule has 1 N–H and O–H groups in total. The third kappa shape index (κ3) is 5.58. The average molecular weight is 505 g/mol. The number of benzene rings is 2. The lowest BCUT2D eigenvalue weighted by Gasteiger charge is -2.34. The van der Waals surface area contributed by atoms with Crippen LogP contribution in [0.4, 0.5) is 21.7 Å². The number of pyridine rings is 1. The Bertz CT molecular complexity index is 1370. The fourth-order valence-corrected chi connectivity index (χ4v) is 4.81. The number of nitrogens with one attached hydrogen (secondary N) is 1. The van der Waals surface area contributed by atoms with Crippen LogP contribution >= 0.6 is 11.6 Å². The summed E-state index contributed by atoms with van der Waals surface area (Å²) < 4.78 is 14.7. The first-order valence-corrected chi connectivity index (χ1v) is 12.8. The molecule has 0 spiro atoms. The number of aryl methyl sites for hydroxylation is 3. The largest absolute Gasteiger partial charge is 0.355 e. The van der Waals surface area contributed by atoms with Crippen molar-refractivity contribution in [3.63, 3.8) is 0 Å². The molecule has 0 unspecified atom stereocenters. The van der Waals surface area contributed by atoms with Crippen molar-refractivity contribution in [3.05, 3.63) is 82.5 Å². The molecular formula is C28H30ClFN6. The molecule has 1 aliphatic heterocycles. The van der Waals surface area contributed by atoms with Gasteiger partial charge in [0.15, 0.2) is 0 Å². The molecule has 3 heterocycles. The molecule has 2 aromatic carbocycles. The molecule has 1 saturated heterocycles. The number of rotatable bonds is 7. The van der Waals surface area contributed by atoms with E-state index < -0.39 is 0 Å². The first-order valence-electron chi connectivity index (χ1n) is 12.4. The third-order valence-electron chi connectivity index (χ3n) is 6.68. The molecule has 0 radical (unpaired) electrons. The minimum Gasteiger partial charge on any atom is -0.355 e. The number of piperazine rings is 1. The van der Waals surface area contributed by atoms with Gasteiger partial charge in [-0.3, -0.25) is 4.98 Å². The van der Waals surface area contributed by atoms with Crippen molar-refractivity contribution < 1.29 is 4.39 Å². The fourth-order valence-electron chi connectivity index (χ4n) is 4.64. The lowest BCUT2D eigenvalue weighted by atomic mass is 10.1. The fraction of sp³-hybridized carbons (Fsp3) is 0.321. The molecule has 4 aromatic rings. The molecule has 0 aliphatic carbocycles. The molecular weight excluding hydrogens is 475 g/mol. The zero-order chi connectivity index (χ0) is 25.1. The number of fused-ring (bicyclic) bond motifs is 1. The van der Waals surface area contributed by atoms with Crippen LogP contribution in [0.5, 0.6) is 0 Å². The molecule has 0 bridgehead atoms. The minimum absolute atomic E-state index is 0.214. The van der Waals surface area contributed by atoms with Crippen molar-refractivity contribution in [2.75, 3.05) is 42.9 Å². The maximum Gasteiger partial charge on any atom is 0.225 e. The second kappa shape index (κ2) is 10.8. The summed E-state index contributed by atoms with van der Waals surface area (Å²) in [6.07, 6.45) is 2.93. The van der Waals surface area contributed by atoms with E-state index in [4.69, 9.17) is 16.6 Å². The van der Waals surface area contributed by atoms with Gasteiger partial charge >= 0.3 is 0 Å². The summed E-state index contributed by atoms with van der Waals surface area (Å²) >= 11 is 6.11. The Morgan fingerprint density at radius 3 is 2.61 bits per heavy atom. The minimum atomic E-state index is -0.214. The molecule has 8 heteroatoms. The molecule has 6 nitrogen and oxygen atoms in total. The standard InChI is InChI=1S/C28H30ClFN6/c1-3-35-12-14-36(15-13-35)28-32-19(2)16-22(34-28)6-4-20-17-23(7-9-25(20)30)33-26-10-11-31-27-18-21(29)5-8-24(26)27/h5,7-11,16-18H,3-4,6,12-15H2,1-2H3,(H,31,33). The van der Waals surface area contributed by atoms with Crippen LogP contribution in [0.2, 0.25) is 5.02 Å². The van der Waals surface area contributed by atoms with Crippen molar-refractivity contribution >= 4 is 39.8 Å². The van der Waals surface area contributed by atoms with Gasteiger partial charge in [-0.2, -0.15) is 0 Å². The number of aromatic nitrogens is 3. The summed E-state index contributed by atoms with van der Waals surface area (Å²) in [5, 5.41) is 5.01. The summed E-state index contributed by atoms with van der Waals surface area (Å²) in [6, 6.07) is 14.7. The number of hydrogen-bond acceptors (Lipinski definition) is 6. The first-order chi connectivity index (χ1) is 17.5. The Labute approximate surface area is 216 Å². The van der Waals surface area contributed by atoms with E-state index in [2.05, 4.69) is 32.0 Å². The first kappa shape index (κ1) is 24.4. The topological polar surface area (TPSA) is 57.2 Å². The summed E-state index contributed by atoms with van der Waals surface area (Å²) in [6.45, 7) is 9.15. The van der Waals surface area contributed by atoms with Crippen LogP contribution < -0.4 is 10.2 Å². The van der Waals surface area contributed by atoms with E-state index in [9.17, 15) is 4.39 Å². The van der Waals surface area contributed by atoms with Gasteiger partial charge in [0.25, 0.3) is 0 Å². The highest BCUT2D eigenvalue weighted by molar-refractivity contribution is 6.31. The lowest BCUT2D eigenvalue weighted by molar-refractivity contribution is 0.270. The zero-order valence-corrected chi connectivity index (χ0v) is 21.4. The van der Waals surface area contributed by atoms with Crippen LogP contribution in [-0.4, -0.2) is 52.6 Å². The van der Waals surface area contributed by atoms with Gasteiger partial charge in [0, 0.05) is 65.5 Å². The van der Waals surface area contributed by atoms with Gasteiger partial charge < -0.3 is 15.1 Å².